The largest absolute Gasteiger partial charge is 0.329 e. The Morgan fingerprint density at radius 2 is 1.83 bits per heavy atom. The minimum atomic E-state index is -0.0709. The summed E-state index contributed by atoms with van der Waals surface area (Å²) in [6.07, 6.45) is 6.59. The first kappa shape index (κ1) is 20.4. The van der Waals surface area contributed by atoms with Gasteiger partial charge in [-0.05, 0) is 60.2 Å². The van der Waals surface area contributed by atoms with Gasteiger partial charge in [0.15, 0.2) is 0 Å². The topological polar surface area (TPSA) is 71.5 Å². The van der Waals surface area contributed by atoms with Crippen LogP contribution in [0.15, 0.2) is 59.9 Å². The van der Waals surface area contributed by atoms with Crippen LogP contribution in [0.25, 0.3) is 22.0 Å². The Kier molecular flexibility index (Phi) is 6.50. The third-order valence-corrected chi connectivity index (χ3v) is 4.90. The first-order chi connectivity index (χ1) is 14.2. The summed E-state index contributed by atoms with van der Waals surface area (Å²) in [5.74, 6) is 0. The number of H-pyrrole nitrogens is 1. The van der Waals surface area contributed by atoms with Gasteiger partial charge in [-0.1, -0.05) is 26.8 Å². The molecule has 0 fully saturated rings. The van der Waals surface area contributed by atoms with E-state index in [2.05, 4.69) is 33.8 Å². The number of nitrogens with zero attached hydrogens (tertiary/aromatic N) is 3. The van der Waals surface area contributed by atoms with Gasteiger partial charge in [-0.2, -0.15) is 0 Å². The van der Waals surface area contributed by atoms with Crippen molar-refractivity contribution in [1.82, 2.24) is 19.9 Å². The summed E-state index contributed by atoms with van der Waals surface area (Å²) in [5.41, 5.74) is 6.00. The van der Waals surface area contributed by atoms with Gasteiger partial charge in [0.1, 0.15) is 6.33 Å². The molecule has 4 aromatic rings. The van der Waals surface area contributed by atoms with E-state index in [-0.39, 0.29) is 5.56 Å². The second-order valence-corrected chi connectivity index (χ2v) is 6.55. The first-order valence-electron chi connectivity index (χ1n) is 10.0. The lowest BCUT2D eigenvalue weighted by atomic mass is 9.95. The highest BCUT2D eigenvalue weighted by molar-refractivity contribution is 5.86. The van der Waals surface area contributed by atoms with Crippen molar-refractivity contribution in [2.45, 2.75) is 40.5 Å². The highest BCUT2D eigenvalue weighted by atomic mass is 16.1. The molecule has 0 aliphatic heterocycles. The number of aromatic nitrogens is 4. The van der Waals surface area contributed by atoms with E-state index in [0.717, 1.165) is 45.6 Å². The van der Waals surface area contributed by atoms with Gasteiger partial charge in [-0.15, -0.1) is 0 Å². The summed E-state index contributed by atoms with van der Waals surface area (Å²) in [6, 6.07) is 11.8. The summed E-state index contributed by atoms with van der Waals surface area (Å²) in [7, 11) is 0. The van der Waals surface area contributed by atoms with Crippen LogP contribution in [0.2, 0.25) is 0 Å². The number of fused-ring (bicyclic) bond motifs is 1. The van der Waals surface area contributed by atoms with Crippen molar-refractivity contribution in [3.05, 3.63) is 88.0 Å². The van der Waals surface area contributed by atoms with Crippen LogP contribution < -0.4 is 5.56 Å². The van der Waals surface area contributed by atoms with E-state index in [1.165, 1.54) is 0 Å². The molecule has 0 atom stereocenters. The zero-order valence-electron chi connectivity index (χ0n) is 17.4. The lowest BCUT2D eigenvalue weighted by molar-refractivity contribution is 0.995. The zero-order chi connectivity index (χ0) is 20.8. The van der Waals surface area contributed by atoms with Crippen molar-refractivity contribution >= 4 is 10.8 Å². The van der Waals surface area contributed by atoms with Crippen molar-refractivity contribution in [1.29, 1.82) is 0 Å². The number of aromatic amines is 1. The van der Waals surface area contributed by atoms with Gasteiger partial charge >= 0.3 is 0 Å². The number of rotatable bonds is 4. The Hall–Kier alpha value is -3.34. The van der Waals surface area contributed by atoms with Crippen molar-refractivity contribution in [3.8, 4) is 11.3 Å². The maximum atomic E-state index is 12.2. The zero-order valence-corrected chi connectivity index (χ0v) is 17.4. The predicted octanol–water partition coefficient (Wildman–Crippen LogP) is 4.87. The van der Waals surface area contributed by atoms with Crippen LogP contribution >= 0.6 is 0 Å². The summed E-state index contributed by atoms with van der Waals surface area (Å²) < 4.78 is 0. The number of pyridine rings is 2. The van der Waals surface area contributed by atoms with Crippen LogP contribution in [0.5, 0.6) is 0 Å². The van der Waals surface area contributed by atoms with E-state index in [9.17, 15) is 4.79 Å². The average Bonchev–Trinajstić information content (AvgIpc) is 2.77. The Balaban J connectivity index is 0.00000117. The van der Waals surface area contributed by atoms with Crippen molar-refractivity contribution in [2.24, 2.45) is 0 Å². The van der Waals surface area contributed by atoms with Gasteiger partial charge in [0, 0.05) is 35.5 Å². The molecule has 0 saturated heterocycles. The third-order valence-electron chi connectivity index (χ3n) is 4.90. The molecule has 3 aromatic heterocycles. The summed E-state index contributed by atoms with van der Waals surface area (Å²) in [4.78, 5) is 28.3. The molecule has 0 aliphatic rings. The van der Waals surface area contributed by atoms with E-state index in [0.29, 0.717) is 11.8 Å². The smallest absolute Gasteiger partial charge is 0.255 e. The Labute approximate surface area is 170 Å². The Bertz CT molecular complexity index is 1180. The summed E-state index contributed by atoms with van der Waals surface area (Å²) >= 11 is 0. The molecule has 0 spiro atoms. The second-order valence-electron chi connectivity index (χ2n) is 6.55. The van der Waals surface area contributed by atoms with Gasteiger partial charge < -0.3 is 4.98 Å². The molecule has 0 radical (unpaired) electrons. The molecule has 1 N–H and O–H groups in total. The molecular weight excluding hydrogens is 360 g/mol. The fourth-order valence-corrected chi connectivity index (χ4v) is 3.39. The quantitative estimate of drug-likeness (QED) is 0.543. The molecule has 1 aromatic carbocycles. The molecule has 4 rings (SSSR count). The van der Waals surface area contributed by atoms with Crippen molar-refractivity contribution < 1.29 is 0 Å². The molecule has 0 amide bonds. The normalized spacial score (nSPS) is 10.5. The van der Waals surface area contributed by atoms with E-state index < -0.39 is 0 Å². The molecule has 29 heavy (non-hydrogen) atoms. The van der Waals surface area contributed by atoms with Crippen LogP contribution in [0, 0.1) is 6.92 Å². The monoisotopic (exact) mass is 386 g/mol. The van der Waals surface area contributed by atoms with E-state index in [1.54, 1.807) is 18.7 Å². The number of aryl methyl sites for hydroxylation is 2. The van der Waals surface area contributed by atoms with Crippen LogP contribution in [0.4, 0.5) is 0 Å². The molecule has 0 bridgehead atoms. The van der Waals surface area contributed by atoms with E-state index >= 15 is 0 Å². The molecule has 3 heterocycles. The molecule has 5 nitrogen and oxygen atoms in total. The number of benzene rings is 1. The van der Waals surface area contributed by atoms with Crippen LogP contribution in [-0.4, -0.2) is 19.9 Å². The van der Waals surface area contributed by atoms with E-state index in [1.807, 2.05) is 50.2 Å². The van der Waals surface area contributed by atoms with Gasteiger partial charge in [-0.3, -0.25) is 9.78 Å². The standard InChI is InChI=1S/C22H20N4O.C2H6/c1-3-15-11-20(26-13-25-15)18-5-4-9-23-21(18)12-19-14(2)6-7-17-16(19)8-10-24-22(17)27;1-2/h4-11,13H,3,12H2,1-2H3,(H,24,27);1-2H3. The Morgan fingerprint density at radius 1 is 1.00 bits per heavy atom. The molecule has 5 heteroatoms. The van der Waals surface area contributed by atoms with Crippen LogP contribution in [-0.2, 0) is 12.8 Å². The average molecular weight is 386 g/mol. The minimum absolute atomic E-state index is 0.0709. The van der Waals surface area contributed by atoms with Crippen LogP contribution in [0.3, 0.4) is 0 Å². The summed E-state index contributed by atoms with van der Waals surface area (Å²) in [6.45, 7) is 8.14. The van der Waals surface area contributed by atoms with Gasteiger partial charge in [0.2, 0.25) is 0 Å². The first-order valence-corrected chi connectivity index (χ1v) is 10.0. The van der Waals surface area contributed by atoms with Crippen molar-refractivity contribution in [3.63, 3.8) is 0 Å². The lowest BCUT2D eigenvalue weighted by Crippen LogP contribution is -2.07. The van der Waals surface area contributed by atoms with Crippen molar-refractivity contribution in [2.75, 3.05) is 0 Å². The fraction of sp³-hybridized carbons (Fsp3) is 0.250. The fourth-order valence-electron chi connectivity index (χ4n) is 3.39. The van der Waals surface area contributed by atoms with Crippen LogP contribution in [0.1, 0.15) is 43.3 Å². The highest BCUT2D eigenvalue weighted by Gasteiger charge is 2.13. The third kappa shape index (κ3) is 4.24. The van der Waals surface area contributed by atoms with Gasteiger partial charge in [0.25, 0.3) is 5.56 Å². The number of hydrogen-bond acceptors (Lipinski definition) is 4. The van der Waals surface area contributed by atoms with E-state index in [4.69, 9.17) is 0 Å². The Morgan fingerprint density at radius 3 is 2.62 bits per heavy atom. The predicted molar refractivity (Wildman–Crippen MR) is 118 cm³/mol. The summed E-state index contributed by atoms with van der Waals surface area (Å²) in [5, 5.41) is 1.66. The highest BCUT2D eigenvalue weighted by Crippen LogP contribution is 2.27. The maximum absolute atomic E-state index is 12.2. The molecular formula is C24H26N4O. The number of hydrogen-bond donors (Lipinski definition) is 1. The molecule has 0 saturated carbocycles. The number of nitrogens with one attached hydrogen (secondary N) is 1. The SMILES string of the molecule is CC.CCc1cc(-c2cccnc2Cc2c(C)ccc3c(=O)[nH]ccc23)ncn1. The van der Waals surface area contributed by atoms with Gasteiger partial charge in [0.05, 0.1) is 11.4 Å². The van der Waals surface area contributed by atoms with Gasteiger partial charge in [-0.25, -0.2) is 9.97 Å². The maximum Gasteiger partial charge on any atom is 0.255 e. The minimum Gasteiger partial charge on any atom is -0.329 e. The molecule has 0 aliphatic carbocycles. The lowest BCUT2D eigenvalue weighted by Gasteiger charge is -2.13. The molecule has 0 unspecified atom stereocenters. The molecule has 148 valence electrons. The second kappa shape index (κ2) is 9.24.